The second kappa shape index (κ2) is 10.4. The molecular formula is C12H29NOP2Si. The fourth-order valence-electron chi connectivity index (χ4n) is 1.91. The summed E-state index contributed by atoms with van der Waals surface area (Å²) in [5, 5.41) is 0. The van der Waals surface area contributed by atoms with Gasteiger partial charge in [0.05, 0.1) is 12.8 Å². The molecule has 0 spiro atoms. The van der Waals surface area contributed by atoms with E-state index in [9.17, 15) is 0 Å². The van der Waals surface area contributed by atoms with Gasteiger partial charge in [0.1, 0.15) is 0 Å². The zero-order chi connectivity index (χ0) is 13.9. The lowest BCUT2D eigenvalue weighted by atomic mass is 9.93. The Bertz CT molecular complexity index is 218. The van der Waals surface area contributed by atoms with Crippen LogP contribution in [0, 0.1) is 6.57 Å². The van der Waals surface area contributed by atoms with Crippen molar-refractivity contribution >= 4 is 26.2 Å². The van der Waals surface area contributed by atoms with Gasteiger partial charge in [0.15, 0.2) is 8.32 Å². The molecule has 102 valence electrons. The Morgan fingerprint density at radius 3 is 1.76 bits per heavy atom. The first-order valence-electron chi connectivity index (χ1n) is 6.40. The molecule has 0 aromatic heterocycles. The van der Waals surface area contributed by atoms with E-state index in [1.807, 2.05) is 13.8 Å². The highest BCUT2D eigenvalue weighted by atomic mass is 32.0. The highest BCUT2D eigenvalue weighted by Gasteiger charge is 2.42. The number of rotatable bonds is 2. The van der Waals surface area contributed by atoms with Crippen molar-refractivity contribution in [2.45, 2.75) is 71.3 Å². The van der Waals surface area contributed by atoms with Crippen LogP contribution in [0.1, 0.15) is 46.0 Å². The van der Waals surface area contributed by atoms with Crippen LogP contribution >= 0.6 is 17.9 Å². The highest BCUT2D eigenvalue weighted by molar-refractivity contribution is 7.92. The van der Waals surface area contributed by atoms with Crippen LogP contribution in [0.5, 0.6) is 0 Å². The van der Waals surface area contributed by atoms with Gasteiger partial charge in [-0.2, -0.15) is 0 Å². The standard InChI is InChI=1S/C10H19NOSi.C2H6.H4P2/c1-11-10(12-13(2,3)4)8-6-5-7-9-10;2*1-2/h5-9H2,2-4H3;1-2H3;1-2H2. The van der Waals surface area contributed by atoms with Crippen molar-refractivity contribution < 1.29 is 4.43 Å². The first kappa shape index (κ1) is 19.9. The van der Waals surface area contributed by atoms with Crippen molar-refractivity contribution in [3.8, 4) is 0 Å². The van der Waals surface area contributed by atoms with Gasteiger partial charge in [-0.15, -0.1) is 17.9 Å². The Balaban J connectivity index is 0. The molecule has 0 radical (unpaired) electrons. The predicted molar refractivity (Wildman–Crippen MR) is 87.6 cm³/mol. The maximum atomic E-state index is 7.25. The van der Waals surface area contributed by atoms with E-state index >= 15 is 0 Å². The van der Waals surface area contributed by atoms with Crippen LogP contribution < -0.4 is 0 Å². The summed E-state index contributed by atoms with van der Waals surface area (Å²) in [7, 11) is 3.11. The van der Waals surface area contributed by atoms with E-state index in [0.29, 0.717) is 0 Å². The first-order valence-corrected chi connectivity index (χ1v) is 12.5. The average Bonchev–Trinajstić information content (AvgIpc) is 2.33. The van der Waals surface area contributed by atoms with Crippen LogP contribution in [-0.2, 0) is 4.43 Å². The van der Waals surface area contributed by atoms with Gasteiger partial charge in [0.25, 0.3) is 0 Å². The van der Waals surface area contributed by atoms with Gasteiger partial charge in [0.2, 0.25) is 0 Å². The van der Waals surface area contributed by atoms with Crippen molar-refractivity contribution in [3.63, 3.8) is 0 Å². The van der Waals surface area contributed by atoms with E-state index in [2.05, 4.69) is 42.3 Å². The van der Waals surface area contributed by atoms with Crippen LogP contribution in [-0.4, -0.2) is 14.0 Å². The first-order chi connectivity index (χ1) is 7.97. The van der Waals surface area contributed by atoms with Crippen LogP contribution in [0.3, 0.4) is 0 Å². The molecule has 1 fully saturated rings. The predicted octanol–water partition coefficient (Wildman–Crippen LogP) is 5.10. The van der Waals surface area contributed by atoms with E-state index in [1.54, 1.807) is 0 Å². The van der Waals surface area contributed by atoms with Gasteiger partial charge >= 0.3 is 5.72 Å². The Labute approximate surface area is 114 Å². The van der Waals surface area contributed by atoms with Gasteiger partial charge in [-0.05, 0) is 32.5 Å². The molecule has 1 saturated carbocycles. The van der Waals surface area contributed by atoms with Crippen molar-refractivity contribution in [2.75, 3.05) is 0 Å². The fraction of sp³-hybridized carbons (Fsp3) is 0.917. The SMILES string of the molecule is CC.PP.[C-]#[N+]C1(O[Si](C)(C)C)CCCCC1. The topological polar surface area (TPSA) is 13.6 Å². The monoisotopic (exact) mass is 293 g/mol. The maximum Gasteiger partial charge on any atom is 0.328 e. The molecule has 5 heteroatoms. The summed E-state index contributed by atoms with van der Waals surface area (Å²) < 4.78 is 6.00. The zero-order valence-corrected chi connectivity index (χ0v) is 15.4. The molecule has 1 aliphatic carbocycles. The lowest BCUT2D eigenvalue weighted by Crippen LogP contribution is -2.41. The Morgan fingerprint density at radius 1 is 1.06 bits per heavy atom. The molecule has 0 saturated heterocycles. The molecule has 0 aromatic carbocycles. The van der Waals surface area contributed by atoms with Gasteiger partial charge in [-0.1, -0.05) is 20.3 Å². The van der Waals surface area contributed by atoms with Gasteiger partial charge < -0.3 is 4.43 Å². The average molecular weight is 293 g/mol. The van der Waals surface area contributed by atoms with E-state index in [4.69, 9.17) is 11.0 Å². The molecule has 1 aliphatic rings. The van der Waals surface area contributed by atoms with Gasteiger partial charge in [-0.25, -0.2) is 6.57 Å². The minimum atomic E-state index is -1.55. The van der Waals surface area contributed by atoms with Crippen molar-refractivity contribution in [3.05, 3.63) is 11.4 Å². The Kier molecular flexibility index (Phi) is 12.2. The van der Waals surface area contributed by atoms with E-state index < -0.39 is 14.0 Å². The lowest BCUT2D eigenvalue weighted by Gasteiger charge is -2.31. The molecular weight excluding hydrogens is 264 g/mol. The normalized spacial score (nSPS) is 17.8. The lowest BCUT2D eigenvalue weighted by molar-refractivity contribution is 0.0674. The molecule has 17 heavy (non-hydrogen) atoms. The quantitative estimate of drug-likeness (QED) is 0.392. The molecule has 0 aromatic rings. The summed E-state index contributed by atoms with van der Waals surface area (Å²) in [4.78, 5) is 3.73. The second-order valence-electron chi connectivity index (χ2n) is 4.83. The van der Waals surface area contributed by atoms with Gasteiger partial charge in [0, 0.05) is 0 Å². The summed E-state index contributed by atoms with van der Waals surface area (Å²) in [6.45, 7) is 17.7. The molecule has 0 aliphatic heterocycles. The molecule has 2 nitrogen and oxygen atoms in total. The summed E-state index contributed by atoms with van der Waals surface area (Å²) >= 11 is 0. The summed E-state index contributed by atoms with van der Waals surface area (Å²) in [6.07, 6.45) is 5.48. The summed E-state index contributed by atoms with van der Waals surface area (Å²) in [6, 6.07) is 0. The third-order valence-corrected chi connectivity index (χ3v) is 3.33. The molecule has 0 heterocycles. The fourth-order valence-corrected chi connectivity index (χ4v) is 3.30. The number of nitrogens with zero attached hydrogens (tertiary/aromatic N) is 1. The maximum absolute atomic E-state index is 7.25. The van der Waals surface area contributed by atoms with E-state index in [1.165, 1.54) is 6.42 Å². The van der Waals surface area contributed by atoms with E-state index in [0.717, 1.165) is 25.7 Å². The Morgan fingerprint density at radius 2 is 1.47 bits per heavy atom. The molecule has 0 N–H and O–H groups in total. The van der Waals surface area contributed by atoms with Gasteiger partial charge in [-0.3, -0.25) is 4.85 Å². The smallest absolute Gasteiger partial charge is 0.328 e. The minimum Gasteiger partial charge on any atom is -0.351 e. The highest BCUT2D eigenvalue weighted by Crippen LogP contribution is 2.35. The summed E-state index contributed by atoms with van der Waals surface area (Å²) in [5.41, 5.74) is -0.442. The van der Waals surface area contributed by atoms with Crippen LogP contribution in [0.2, 0.25) is 19.6 Å². The number of hydrogen-bond acceptors (Lipinski definition) is 1. The molecule has 0 amide bonds. The number of hydrogen-bond donors (Lipinski definition) is 0. The van der Waals surface area contributed by atoms with E-state index in [-0.39, 0.29) is 0 Å². The molecule has 2 unspecified atom stereocenters. The summed E-state index contributed by atoms with van der Waals surface area (Å²) in [5.74, 6) is 0. The van der Waals surface area contributed by atoms with Crippen LogP contribution in [0.4, 0.5) is 0 Å². The Hall–Kier alpha value is 0.527. The largest absolute Gasteiger partial charge is 0.351 e. The third-order valence-electron chi connectivity index (χ3n) is 2.33. The molecule has 2 atom stereocenters. The van der Waals surface area contributed by atoms with Crippen LogP contribution in [0.25, 0.3) is 4.85 Å². The third kappa shape index (κ3) is 9.15. The second-order valence-corrected chi connectivity index (χ2v) is 9.26. The molecule has 0 bridgehead atoms. The van der Waals surface area contributed by atoms with Crippen molar-refractivity contribution in [2.24, 2.45) is 0 Å². The minimum absolute atomic E-state index is 0.442. The van der Waals surface area contributed by atoms with Crippen LogP contribution in [0.15, 0.2) is 0 Å². The van der Waals surface area contributed by atoms with Crippen molar-refractivity contribution in [1.82, 2.24) is 0 Å². The van der Waals surface area contributed by atoms with Crippen molar-refractivity contribution in [1.29, 1.82) is 0 Å². The molecule has 1 rings (SSSR count). The zero-order valence-electron chi connectivity index (χ0n) is 12.0.